The number of nitrogens with one attached hydrogen (secondary N) is 1. The standard InChI is InChI=1S/C32H41N3O4S/c1-5-7-22-33-32(37)30(6-2)34(23-26-14-10-8-11-15-26)31(36)24-35(28-20-18-27(19-21-28)25(3)4)40(38,39)29-16-12-9-13-17-29/h8-21,25,30H,5-7,22-24H2,1-4H3,(H,33,37)/t30-/m0/s1. The van der Waals surface area contributed by atoms with Crippen LogP contribution in [0.2, 0.25) is 0 Å². The van der Waals surface area contributed by atoms with Crippen LogP contribution in [0, 0.1) is 0 Å². The number of anilines is 1. The fourth-order valence-corrected chi connectivity index (χ4v) is 5.91. The average molecular weight is 564 g/mol. The summed E-state index contributed by atoms with van der Waals surface area (Å²) in [5, 5.41) is 2.95. The highest BCUT2D eigenvalue weighted by Crippen LogP contribution is 2.26. The maximum atomic E-state index is 14.1. The van der Waals surface area contributed by atoms with Gasteiger partial charge in [0.05, 0.1) is 10.6 Å². The van der Waals surface area contributed by atoms with Gasteiger partial charge in [-0.25, -0.2) is 8.42 Å². The van der Waals surface area contributed by atoms with Gasteiger partial charge in [0, 0.05) is 13.1 Å². The molecule has 3 aromatic rings. The van der Waals surface area contributed by atoms with Crippen molar-refractivity contribution in [3.63, 3.8) is 0 Å². The first-order valence-electron chi connectivity index (χ1n) is 14.0. The molecule has 7 nitrogen and oxygen atoms in total. The highest BCUT2D eigenvalue weighted by Gasteiger charge is 2.33. The molecule has 0 aliphatic rings. The normalized spacial score (nSPS) is 12.1. The summed E-state index contributed by atoms with van der Waals surface area (Å²) in [5.74, 6) is -0.416. The summed E-state index contributed by atoms with van der Waals surface area (Å²) in [5.41, 5.74) is 2.31. The Bertz CT molecular complexity index is 1330. The fourth-order valence-electron chi connectivity index (χ4n) is 4.48. The molecule has 1 N–H and O–H groups in total. The third-order valence-electron chi connectivity index (χ3n) is 6.87. The van der Waals surface area contributed by atoms with Gasteiger partial charge in [0.25, 0.3) is 10.0 Å². The van der Waals surface area contributed by atoms with E-state index < -0.39 is 28.5 Å². The zero-order valence-electron chi connectivity index (χ0n) is 23.9. The number of nitrogens with zero attached hydrogens (tertiary/aromatic N) is 2. The molecule has 0 unspecified atom stereocenters. The van der Waals surface area contributed by atoms with Crippen LogP contribution in [0.1, 0.15) is 64.0 Å². The van der Waals surface area contributed by atoms with Crippen molar-refractivity contribution in [3.8, 4) is 0 Å². The first kappa shape index (κ1) is 30.9. The number of benzene rings is 3. The molecule has 40 heavy (non-hydrogen) atoms. The number of rotatable bonds is 14. The molecule has 0 aliphatic heterocycles. The predicted molar refractivity (Wildman–Crippen MR) is 160 cm³/mol. The molecule has 0 saturated carbocycles. The van der Waals surface area contributed by atoms with Crippen LogP contribution in [-0.2, 0) is 26.2 Å². The number of amides is 2. The van der Waals surface area contributed by atoms with E-state index in [-0.39, 0.29) is 23.3 Å². The molecule has 8 heteroatoms. The Morgan fingerprint density at radius 3 is 2.00 bits per heavy atom. The van der Waals surface area contributed by atoms with Crippen molar-refractivity contribution in [2.45, 2.75) is 70.4 Å². The summed E-state index contributed by atoms with van der Waals surface area (Å²) in [6.07, 6.45) is 2.17. The molecular formula is C32H41N3O4S. The third kappa shape index (κ3) is 7.94. The first-order valence-corrected chi connectivity index (χ1v) is 15.4. The van der Waals surface area contributed by atoms with Gasteiger partial charge in [-0.05, 0) is 54.2 Å². The summed E-state index contributed by atoms with van der Waals surface area (Å²) >= 11 is 0. The maximum absolute atomic E-state index is 14.1. The zero-order chi connectivity index (χ0) is 29.1. The number of hydrogen-bond donors (Lipinski definition) is 1. The fraction of sp³-hybridized carbons (Fsp3) is 0.375. The molecule has 3 aromatic carbocycles. The van der Waals surface area contributed by atoms with Crippen LogP contribution in [0.4, 0.5) is 5.69 Å². The first-order chi connectivity index (χ1) is 19.2. The van der Waals surface area contributed by atoms with Crippen molar-refractivity contribution in [1.29, 1.82) is 0 Å². The van der Waals surface area contributed by atoms with Crippen LogP contribution in [-0.4, -0.2) is 44.3 Å². The van der Waals surface area contributed by atoms with E-state index in [9.17, 15) is 18.0 Å². The van der Waals surface area contributed by atoms with E-state index in [1.165, 1.54) is 17.0 Å². The molecule has 0 radical (unpaired) electrons. The molecule has 2 amide bonds. The molecule has 1 atom stereocenters. The topological polar surface area (TPSA) is 86.8 Å². The Morgan fingerprint density at radius 2 is 1.45 bits per heavy atom. The minimum Gasteiger partial charge on any atom is -0.354 e. The number of unbranched alkanes of at least 4 members (excludes halogenated alkanes) is 1. The van der Waals surface area contributed by atoms with Crippen molar-refractivity contribution in [2.75, 3.05) is 17.4 Å². The van der Waals surface area contributed by atoms with E-state index in [4.69, 9.17) is 0 Å². The van der Waals surface area contributed by atoms with Crippen molar-refractivity contribution in [1.82, 2.24) is 10.2 Å². The summed E-state index contributed by atoms with van der Waals surface area (Å²) in [6.45, 7) is 8.30. The highest BCUT2D eigenvalue weighted by molar-refractivity contribution is 7.92. The van der Waals surface area contributed by atoms with Gasteiger partial charge in [0.2, 0.25) is 11.8 Å². The van der Waals surface area contributed by atoms with Gasteiger partial charge in [0.15, 0.2) is 0 Å². The molecular weight excluding hydrogens is 522 g/mol. The predicted octanol–water partition coefficient (Wildman–Crippen LogP) is 5.73. The van der Waals surface area contributed by atoms with E-state index in [1.54, 1.807) is 30.3 Å². The molecule has 0 fully saturated rings. The number of carbonyl (C=O) groups is 2. The van der Waals surface area contributed by atoms with Crippen LogP contribution >= 0.6 is 0 Å². The molecule has 0 bridgehead atoms. The molecule has 214 valence electrons. The summed E-state index contributed by atoms with van der Waals surface area (Å²) in [7, 11) is -4.07. The SMILES string of the molecule is CCCCNC(=O)[C@H](CC)N(Cc1ccccc1)C(=O)CN(c1ccc(C(C)C)cc1)S(=O)(=O)c1ccccc1. The summed E-state index contributed by atoms with van der Waals surface area (Å²) in [6, 6.07) is 24.0. The van der Waals surface area contributed by atoms with Gasteiger partial charge in [-0.3, -0.25) is 13.9 Å². The molecule has 0 saturated heterocycles. The second-order valence-corrected chi connectivity index (χ2v) is 12.0. The van der Waals surface area contributed by atoms with E-state index in [0.717, 1.165) is 28.3 Å². The third-order valence-corrected chi connectivity index (χ3v) is 8.66. The Balaban J connectivity index is 2.02. The smallest absolute Gasteiger partial charge is 0.264 e. The lowest BCUT2D eigenvalue weighted by Crippen LogP contribution is -2.52. The Labute approximate surface area is 239 Å². The second kappa shape index (κ2) is 14.7. The lowest BCUT2D eigenvalue weighted by Gasteiger charge is -2.33. The molecule has 0 aliphatic carbocycles. The number of carbonyl (C=O) groups excluding carboxylic acids is 2. The van der Waals surface area contributed by atoms with Crippen molar-refractivity contribution >= 4 is 27.5 Å². The van der Waals surface area contributed by atoms with Gasteiger partial charge in [0.1, 0.15) is 12.6 Å². The summed E-state index contributed by atoms with van der Waals surface area (Å²) in [4.78, 5) is 28.9. The van der Waals surface area contributed by atoms with Crippen LogP contribution < -0.4 is 9.62 Å². The van der Waals surface area contributed by atoms with Gasteiger partial charge in [-0.15, -0.1) is 0 Å². The van der Waals surface area contributed by atoms with Gasteiger partial charge >= 0.3 is 0 Å². The Hall–Kier alpha value is -3.65. The maximum Gasteiger partial charge on any atom is 0.264 e. The average Bonchev–Trinajstić information content (AvgIpc) is 2.96. The lowest BCUT2D eigenvalue weighted by molar-refractivity contribution is -0.140. The monoisotopic (exact) mass is 563 g/mol. The highest BCUT2D eigenvalue weighted by atomic mass is 32.2. The van der Waals surface area contributed by atoms with E-state index >= 15 is 0 Å². The molecule has 0 heterocycles. The molecule has 0 aromatic heterocycles. The van der Waals surface area contributed by atoms with Crippen LogP contribution in [0.5, 0.6) is 0 Å². The Morgan fingerprint density at radius 1 is 0.850 bits per heavy atom. The van der Waals surface area contributed by atoms with Crippen LogP contribution in [0.15, 0.2) is 89.8 Å². The van der Waals surface area contributed by atoms with Crippen LogP contribution in [0.25, 0.3) is 0 Å². The quantitative estimate of drug-likeness (QED) is 0.254. The second-order valence-electron chi connectivity index (χ2n) is 10.1. The molecule has 0 spiro atoms. The van der Waals surface area contributed by atoms with E-state index in [1.807, 2.05) is 56.3 Å². The zero-order valence-corrected chi connectivity index (χ0v) is 24.7. The van der Waals surface area contributed by atoms with E-state index in [0.29, 0.717) is 18.7 Å². The summed E-state index contributed by atoms with van der Waals surface area (Å²) < 4.78 is 28.9. The molecule has 3 rings (SSSR count). The van der Waals surface area contributed by atoms with Crippen molar-refractivity contribution < 1.29 is 18.0 Å². The lowest BCUT2D eigenvalue weighted by atomic mass is 10.0. The van der Waals surface area contributed by atoms with Crippen molar-refractivity contribution in [2.24, 2.45) is 0 Å². The van der Waals surface area contributed by atoms with Gasteiger partial charge in [-0.2, -0.15) is 0 Å². The minimum atomic E-state index is -4.07. The largest absolute Gasteiger partial charge is 0.354 e. The Kier molecular flexibility index (Phi) is 11.3. The van der Waals surface area contributed by atoms with Gasteiger partial charge < -0.3 is 10.2 Å². The number of sulfonamides is 1. The van der Waals surface area contributed by atoms with E-state index in [2.05, 4.69) is 19.2 Å². The van der Waals surface area contributed by atoms with Gasteiger partial charge in [-0.1, -0.05) is 94.8 Å². The van der Waals surface area contributed by atoms with Crippen LogP contribution in [0.3, 0.4) is 0 Å². The minimum absolute atomic E-state index is 0.0923. The van der Waals surface area contributed by atoms with Crippen molar-refractivity contribution in [3.05, 3.63) is 96.1 Å². The number of hydrogen-bond acceptors (Lipinski definition) is 4.